The Bertz CT molecular complexity index is 286. The molecule has 17 heavy (non-hydrogen) atoms. The fourth-order valence-electron chi connectivity index (χ4n) is 2.98. The first-order valence-corrected chi connectivity index (χ1v) is 6.92. The van der Waals surface area contributed by atoms with Gasteiger partial charge in [0.05, 0.1) is 0 Å². The largest absolute Gasteiger partial charge is 0.338 e. The van der Waals surface area contributed by atoms with Crippen LogP contribution in [0.15, 0.2) is 12.2 Å². The molecule has 2 aliphatic rings. The molecule has 1 amide bonds. The Morgan fingerprint density at radius 1 is 1.41 bits per heavy atom. The highest BCUT2D eigenvalue weighted by molar-refractivity contribution is 5.77. The second-order valence-corrected chi connectivity index (χ2v) is 5.26. The monoisotopic (exact) mass is 236 g/mol. The number of piperidine rings is 1. The molecule has 2 rings (SSSR count). The third-order valence-corrected chi connectivity index (χ3v) is 3.94. The van der Waals surface area contributed by atoms with Crippen LogP contribution in [0, 0.1) is 5.92 Å². The van der Waals surface area contributed by atoms with Crippen molar-refractivity contribution in [3.63, 3.8) is 0 Å². The van der Waals surface area contributed by atoms with Crippen molar-refractivity contribution in [2.45, 2.75) is 44.6 Å². The number of hydrogen-bond acceptors (Lipinski definition) is 2. The molecule has 3 heteroatoms. The molecule has 0 radical (unpaired) electrons. The van der Waals surface area contributed by atoms with Gasteiger partial charge in [-0.3, -0.25) is 4.79 Å². The van der Waals surface area contributed by atoms with Crippen LogP contribution in [0.5, 0.6) is 0 Å². The van der Waals surface area contributed by atoms with E-state index in [0.717, 1.165) is 38.8 Å². The first-order valence-electron chi connectivity index (χ1n) is 6.92. The van der Waals surface area contributed by atoms with Crippen LogP contribution in [-0.4, -0.2) is 37.0 Å². The molecule has 3 nitrogen and oxygen atoms in total. The van der Waals surface area contributed by atoms with E-state index in [0.29, 0.717) is 17.9 Å². The standard InChI is InChI=1S/C14H24N2O/c1-15-11-13-8-4-5-9-16(13)14(17)10-12-6-2-3-7-12/h2,6,12-13,15H,3-5,7-11H2,1H3. The minimum Gasteiger partial charge on any atom is -0.338 e. The molecule has 1 saturated heterocycles. The normalized spacial score (nSPS) is 28.6. The van der Waals surface area contributed by atoms with E-state index in [9.17, 15) is 4.79 Å². The van der Waals surface area contributed by atoms with Gasteiger partial charge in [-0.25, -0.2) is 0 Å². The Kier molecular flexibility index (Phi) is 4.60. The second-order valence-electron chi connectivity index (χ2n) is 5.26. The lowest BCUT2D eigenvalue weighted by Gasteiger charge is -2.36. The van der Waals surface area contributed by atoms with Gasteiger partial charge in [-0.2, -0.15) is 0 Å². The maximum absolute atomic E-state index is 12.3. The number of likely N-dealkylation sites (tertiary alicyclic amines) is 1. The van der Waals surface area contributed by atoms with Crippen molar-refractivity contribution in [3.8, 4) is 0 Å². The number of nitrogens with one attached hydrogen (secondary N) is 1. The molecule has 96 valence electrons. The van der Waals surface area contributed by atoms with E-state index in [2.05, 4.69) is 22.4 Å². The van der Waals surface area contributed by atoms with Crippen molar-refractivity contribution in [1.29, 1.82) is 0 Å². The molecule has 0 aromatic carbocycles. The Morgan fingerprint density at radius 2 is 2.29 bits per heavy atom. The lowest BCUT2D eigenvalue weighted by Crippen LogP contribution is -2.48. The molecule has 2 unspecified atom stereocenters. The molecule has 1 aliphatic heterocycles. The molecule has 2 atom stereocenters. The predicted molar refractivity (Wildman–Crippen MR) is 69.8 cm³/mol. The number of carbonyl (C=O) groups is 1. The highest BCUT2D eigenvalue weighted by Crippen LogP contribution is 2.24. The van der Waals surface area contributed by atoms with Gasteiger partial charge < -0.3 is 10.2 Å². The van der Waals surface area contributed by atoms with Gasteiger partial charge in [0.25, 0.3) is 0 Å². The van der Waals surface area contributed by atoms with Gasteiger partial charge in [-0.1, -0.05) is 12.2 Å². The van der Waals surface area contributed by atoms with Crippen molar-refractivity contribution in [1.82, 2.24) is 10.2 Å². The van der Waals surface area contributed by atoms with E-state index in [1.165, 1.54) is 12.8 Å². The zero-order valence-electron chi connectivity index (χ0n) is 10.8. The van der Waals surface area contributed by atoms with Crippen LogP contribution >= 0.6 is 0 Å². The fourth-order valence-corrected chi connectivity index (χ4v) is 2.98. The lowest BCUT2D eigenvalue weighted by molar-refractivity contribution is -0.135. The topological polar surface area (TPSA) is 32.3 Å². The number of likely N-dealkylation sites (N-methyl/N-ethyl adjacent to an activating group) is 1. The molecule has 1 N–H and O–H groups in total. The summed E-state index contributed by atoms with van der Waals surface area (Å²) >= 11 is 0. The first kappa shape index (κ1) is 12.6. The summed E-state index contributed by atoms with van der Waals surface area (Å²) in [5.74, 6) is 0.862. The van der Waals surface area contributed by atoms with E-state index in [-0.39, 0.29) is 0 Å². The van der Waals surface area contributed by atoms with Gasteiger partial charge in [0.2, 0.25) is 5.91 Å². The number of nitrogens with zero attached hydrogens (tertiary/aromatic N) is 1. The molecule has 1 aliphatic carbocycles. The summed E-state index contributed by atoms with van der Waals surface area (Å²) in [5.41, 5.74) is 0. The molecule has 0 bridgehead atoms. The fraction of sp³-hybridized carbons (Fsp3) is 0.786. The number of hydrogen-bond donors (Lipinski definition) is 1. The minimum absolute atomic E-state index is 0.363. The third-order valence-electron chi connectivity index (χ3n) is 3.94. The highest BCUT2D eigenvalue weighted by Gasteiger charge is 2.27. The Hall–Kier alpha value is -0.830. The van der Waals surface area contributed by atoms with Crippen LogP contribution in [0.2, 0.25) is 0 Å². The third kappa shape index (κ3) is 3.32. The zero-order chi connectivity index (χ0) is 12.1. The smallest absolute Gasteiger partial charge is 0.223 e. The zero-order valence-corrected chi connectivity index (χ0v) is 10.8. The Balaban J connectivity index is 1.88. The van der Waals surface area contributed by atoms with Crippen molar-refractivity contribution in [3.05, 3.63) is 12.2 Å². The minimum atomic E-state index is 0.363. The summed E-state index contributed by atoms with van der Waals surface area (Å²) in [6, 6.07) is 0.423. The SMILES string of the molecule is CNCC1CCCCN1C(=O)CC1C=CCC1. The molecule has 0 aromatic heterocycles. The van der Waals surface area contributed by atoms with E-state index in [1.807, 2.05) is 7.05 Å². The summed E-state index contributed by atoms with van der Waals surface area (Å²) in [6.07, 6.45) is 11.1. The lowest BCUT2D eigenvalue weighted by atomic mass is 9.99. The maximum atomic E-state index is 12.3. The molecule has 0 spiro atoms. The average molecular weight is 236 g/mol. The summed E-state index contributed by atoms with van der Waals surface area (Å²) in [6.45, 7) is 1.90. The quantitative estimate of drug-likeness (QED) is 0.757. The molecule has 1 heterocycles. The predicted octanol–water partition coefficient (Wildman–Crippen LogP) is 1.94. The van der Waals surface area contributed by atoms with Gasteiger partial charge in [0, 0.05) is 25.6 Å². The van der Waals surface area contributed by atoms with Gasteiger partial charge in [-0.15, -0.1) is 0 Å². The summed E-state index contributed by atoms with van der Waals surface area (Å²) in [5, 5.41) is 3.21. The molecular weight excluding hydrogens is 212 g/mol. The van der Waals surface area contributed by atoms with Gasteiger partial charge >= 0.3 is 0 Å². The number of allylic oxidation sites excluding steroid dienone is 2. The highest BCUT2D eigenvalue weighted by atomic mass is 16.2. The van der Waals surface area contributed by atoms with E-state index in [4.69, 9.17) is 0 Å². The van der Waals surface area contributed by atoms with E-state index < -0.39 is 0 Å². The van der Waals surface area contributed by atoms with Crippen molar-refractivity contribution in [2.24, 2.45) is 5.92 Å². The van der Waals surface area contributed by atoms with Crippen molar-refractivity contribution < 1.29 is 4.79 Å². The van der Waals surface area contributed by atoms with E-state index in [1.54, 1.807) is 0 Å². The van der Waals surface area contributed by atoms with Gasteiger partial charge in [0.15, 0.2) is 0 Å². The maximum Gasteiger partial charge on any atom is 0.223 e. The summed E-state index contributed by atoms with van der Waals surface area (Å²) in [4.78, 5) is 14.4. The van der Waals surface area contributed by atoms with E-state index >= 15 is 0 Å². The summed E-state index contributed by atoms with van der Waals surface area (Å²) < 4.78 is 0. The van der Waals surface area contributed by atoms with Crippen molar-refractivity contribution >= 4 is 5.91 Å². The van der Waals surface area contributed by atoms with Crippen LogP contribution in [-0.2, 0) is 4.79 Å². The number of amides is 1. The van der Waals surface area contributed by atoms with Crippen LogP contribution in [0.1, 0.15) is 38.5 Å². The first-order chi connectivity index (χ1) is 8.31. The molecule has 0 aromatic rings. The van der Waals surface area contributed by atoms with Crippen LogP contribution in [0.25, 0.3) is 0 Å². The molecular formula is C14H24N2O. The van der Waals surface area contributed by atoms with Crippen molar-refractivity contribution in [2.75, 3.05) is 20.1 Å². The molecule has 1 fully saturated rings. The Labute approximate surface area is 104 Å². The number of carbonyl (C=O) groups excluding carboxylic acids is 1. The van der Waals surface area contributed by atoms with Gasteiger partial charge in [0.1, 0.15) is 0 Å². The Morgan fingerprint density at radius 3 is 3.00 bits per heavy atom. The average Bonchev–Trinajstić information content (AvgIpc) is 2.83. The molecule has 0 saturated carbocycles. The van der Waals surface area contributed by atoms with Gasteiger partial charge in [-0.05, 0) is 45.1 Å². The summed E-state index contributed by atoms with van der Waals surface area (Å²) in [7, 11) is 1.97. The van der Waals surface area contributed by atoms with Crippen LogP contribution < -0.4 is 5.32 Å². The number of rotatable bonds is 4. The van der Waals surface area contributed by atoms with Crippen LogP contribution in [0.3, 0.4) is 0 Å². The second kappa shape index (κ2) is 6.20. The van der Waals surface area contributed by atoms with Crippen LogP contribution in [0.4, 0.5) is 0 Å².